The molecule has 0 bridgehead atoms. The number of rotatable bonds is 6. The van der Waals surface area contributed by atoms with Crippen LogP contribution in [0.3, 0.4) is 0 Å². The predicted molar refractivity (Wildman–Crippen MR) is 102 cm³/mol. The summed E-state index contributed by atoms with van der Waals surface area (Å²) in [5, 5.41) is 4.66. The Bertz CT molecular complexity index is 1040. The lowest BCUT2D eigenvalue weighted by Gasteiger charge is -2.15. The third-order valence-electron chi connectivity index (χ3n) is 3.68. The van der Waals surface area contributed by atoms with Gasteiger partial charge in [-0.3, -0.25) is 14.2 Å². The summed E-state index contributed by atoms with van der Waals surface area (Å²) in [4.78, 5) is 29.8. The minimum absolute atomic E-state index is 0.122. The van der Waals surface area contributed by atoms with Crippen LogP contribution in [-0.2, 0) is 11.8 Å². The number of nitrogens with zero attached hydrogens (tertiary/aromatic N) is 2. The first kappa shape index (κ1) is 19.3. The minimum atomic E-state index is -2.99. The minimum Gasteiger partial charge on any atom is -0.433 e. The molecule has 0 aliphatic heterocycles. The van der Waals surface area contributed by atoms with E-state index in [0.717, 1.165) is 11.8 Å². The summed E-state index contributed by atoms with van der Waals surface area (Å²) in [7, 11) is 1.59. The van der Waals surface area contributed by atoms with Crippen LogP contribution in [0.5, 0.6) is 5.75 Å². The number of halogens is 2. The molecule has 1 aromatic carbocycles. The number of hydrogen-bond donors (Lipinski definition) is 1. The maximum atomic E-state index is 12.5. The van der Waals surface area contributed by atoms with Crippen molar-refractivity contribution in [3.63, 3.8) is 0 Å². The molecule has 10 heteroatoms. The lowest BCUT2D eigenvalue weighted by atomic mass is 10.3. The molecule has 142 valence electrons. The number of hydrogen-bond acceptors (Lipinski definition) is 6. The lowest BCUT2D eigenvalue weighted by Crippen LogP contribution is -2.25. The first-order valence-corrected chi connectivity index (χ1v) is 9.58. The van der Waals surface area contributed by atoms with Crippen LogP contribution < -0.4 is 15.6 Å². The number of nitrogens with one attached hydrogen (secondary N) is 1. The Morgan fingerprint density at radius 2 is 2.07 bits per heavy atom. The van der Waals surface area contributed by atoms with Crippen LogP contribution in [0.15, 0.2) is 45.7 Å². The van der Waals surface area contributed by atoms with Gasteiger partial charge in [0, 0.05) is 7.05 Å². The van der Waals surface area contributed by atoms with E-state index in [1.54, 1.807) is 31.5 Å². The van der Waals surface area contributed by atoms with Crippen molar-refractivity contribution in [2.75, 3.05) is 5.32 Å². The fourth-order valence-electron chi connectivity index (χ4n) is 2.30. The number of para-hydroxylation sites is 2. The molecular weight excluding hydrogens is 396 g/mol. The number of benzene rings is 1. The van der Waals surface area contributed by atoms with E-state index in [4.69, 9.17) is 0 Å². The van der Waals surface area contributed by atoms with Gasteiger partial charge in [-0.15, -0.1) is 11.3 Å². The zero-order valence-electron chi connectivity index (χ0n) is 14.3. The molecule has 6 nitrogen and oxygen atoms in total. The first-order valence-electron chi connectivity index (χ1n) is 7.82. The number of aromatic nitrogens is 2. The molecule has 0 aliphatic carbocycles. The van der Waals surface area contributed by atoms with E-state index < -0.39 is 17.8 Å². The fourth-order valence-corrected chi connectivity index (χ4v) is 3.98. The van der Waals surface area contributed by atoms with E-state index in [2.05, 4.69) is 15.0 Å². The Labute approximate surface area is 161 Å². The molecule has 0 aliphatic rings. The quantitative estimate of drug-likeness (QED) is 0.494. The van der Waals surface area contributed by atoms with Gasteiger partial charge in [-0.25, -0.2) is 4.98 Å². The fraction of sp³-hybridized carbons (Fsp3) is 0.235. The third-order valence-corrected chi connectivity index (χ3v) is 5.63. The molecule has 3 aromatic rings. The Hall–Kier alpha value is -2.46. The van der Waals surface area contributed by atoms with Gasteiger partial charge in [0.1, 0.15) is 10.6 Å². The molecule has 1 atom stereocenters. The van der Waals surface area contributed by atoms with Gasteiger partial charge in [0.25, 0.3) is 5.56 Å². The summed E-state index contributed by atoms with van der Waals surface area (Å²) < 4.78 is 30.8. The second-order valence-corrected chi connectivity index (χ2v) is 7.72. The molecule has 0 radical (unpaired) electrons. The third kappa shape index (κ3) is 4.28. The molecule has 0 saturated carbocycles. The van der Waals surface area contributed by atoms with Crippen molar-refractivity contribution in [1.29, 1.82) is 0 Å². The van der Waals surface area contributed by atoms with E-state index in [0.29, 0.717) is 15.4 Å². The van der Waals surface area contributed by atoms with Gasteiger partial charge in [-0.1, -0.05) is 23.9 Å². The van der Waals surface area contributed by atoms with Crippen molar-refractivity contribution in [1.82, 2.24) is 9.55 Å². The number of carbonyl (C=O) groups is 1. The van der Waals surface area contributed by atoms with E-state index in [9.17, 15) is 18.4 Å². The van der Waals surface area contributed by atoms with Crippen molar-refractivity contribution in [3.05, 3.63) is 46.1 Å². The van der Waals surface area contributed by atoms with Crippen LogP contribution in [0.1, 0.15) is 6.92 Å². The summed E-state index contributed by atoms with van der Waals surface area (Å²) in [6.45, 7) is -1.35. The monoisotopic (exact) mass is 411 g/mol. The zero-order valence-corrected chi connectivity index (χ0v) is 15.9. The number of anilines is 1. The highest BCUT2D eigenvalue weighted by Gasteiger charge is 2.20. The standard InChI is InChI=1S/C17H15F2N3O3S2/c1-9(13(23)20-11-5-3-4-6-12(11)25-16(18)19)27-17-21-14-10(7-8-26-14)15(24)22(17)2/h3-9,16H,1-2H3,(H,20,23). The molecule has 0 spiro atoms. The maximum absolute atomic E-state index is 12.5. The number of thioether (sulfide) groups is 1. The summed E-state index contributed by atoms with van der Waals surface area (Å²) in [5.41, 5.74) is -0.0437. The second-order valence-electron chi connectivity index (χ2n) is 5.52. The van der Waals surface area contributed by atoms with Crippen LogP contribution in [0, 0.1) is 0 Å². The van der Waals surface area contributed by atoms with Gasteiger partial charge < -0.3 is 10.1 Å². The Kier molecular flexibility index (Phi) is 5.76. The molecule has 1 amide bonds. The van der Waals surface area contributed by atoms with E-state index in [1.165, 1.54) is 34.1 Å². The number of amides is 1. The van der Waals surface area contributed by atoms with Crippen molar-refractivity contribution in [2.24, 2.45) is 7.05 Å². The van der Waals surface area contributed by atoms with Gasteiger partial charge in [0.05, 0.1) is 16.3 Å². The second kappa shape index (κ2) is 8.05. The molecule has 1 unspecified atom stereocenters. The average Bonchev–Trinajstić information content (AvgIpc) is 3.09. The topological polar surface area (TPSA) is 73.2 Å². The molecule has 1 N–H and O–H groups in total. The summed E-state index contributed by atoms with van der Waals surface area (Å²) in [5.74, 6) is -0.547. The van der Waals surface area contributed by atoms with Crippen molar-refractivity contribution >= 4 is 44.9 Å². The highest BCUT2D eigenvalue weighted by molar-refractivity contribution is 8.00. The van der Waals surface area contributed by atoms with Gasteiger partial charge in [0.2, 0.25) is 5.91 Å². The molecule has 2 aromatic heterocycles. The molecule has 0 saturated heterocycles. The summed E-state index contributed by atoms with van der Waals surface area (Å²) in [6.07, 6.45) is 0. The van der Waals surface area contributed by atoms with Gasteiger partial charge in [0.15, 0.2) is 5.16 Å². The van der Waals surface area contributed by atoms with Gasteiger partial charge >= 0.3 is 6.61 Å². The maximum Gasteiger partial charge on any atom is 0.387 e. The van der Waals surface area contributed by atoms with E-state index >= 15 is 0 Å². The van der Waals surface area contributed by atoms with Crippen LogP contribution in [0.25, 0.3) is 10.2 Å². The number of thiophene rings is 1. The van der Waals surface area contributed by atoms with Crippen LogP contribution in [-0.4, -0.2) is 27.3 Å². The molecule has 27 heavy (non-hydrogen) atoms. The predicted octanol–water partition coefficient (Wildman–Crippen LogP) is 3.72. The molecule has 0 fully saturated rings. The normalized spacial score (nSPS) is 12.3. The van der Waals surface area contributed by atoms with Crippen molar-refractivity contribution in [2.45, 2.75) is 23.9 Å². The summed E-state index contributed by atoms with van der Waals surface area (Å²) >= 11 is 2.45. The highest BCUT2D eigenvalue weighted by atomic mass is 32.2. The number of alkyl halides is 2. The smallest absolute Gasteiger partial charge is 0.387 e. The average molecular weight is 411 g/mol. The zero-order chi connectivity index (χ0) is 19.6. The van der Waals surface area contributed by atoms with E-state index in [1.807, 2.05) is 0 Å². The number of ether oxygens (including phenoxy) is 1. The van der Waals surface area contributed by atoms with Crippen LogP contribution in [0.4, 0.5) is 14.5 Å². The van der Waals surface area contributed by atoms with Gasteiger partial charge in [-0.05, 0) is 30.5 Å². The number of fused-ring (bicyclic) bond motifs is 1. The molecular formula is C17H15F2N3O3S2. The Morgan fingerprint density at radius 3 is 2.81 bits per heavy atom. The lowest BCUT2D eigenvalue weighted by molar-refractivity contribution is -0.115. The largest absolute Gasteiger partial charge is 0.433 e. The Morgan fingerprint density at radius 1 is 1.33 bits per heavy atom. The van der Waals surface area contributed by atoms with E-state index in [-0.39, 0.29) is 17.0 Å². The van der Waals surface area contributed by atoms with Crippen molar-refractivity contribution < 1.29 is 18.3 Å². The first-order chi connectivity index (χ1) is 12.9. The van der Waals surface area contributed by atoms with Crippen molar-refractivity contribution in [3.8, 4) is 5.75 Å². The SMILES string of the molecule is CC(Sc1nc2sccc2c(=O)n1C)C(=O)Nc1ccccc1OC(F)F. The summed E-state index contributed by atoms with van der Waals surface area (Å²) in [6, 6.07) is 7.65. The molecule has 2 heterocycles. The van der Waals surface area contributed by atoms with Gasteiger partial charge in [-0.2, -0.15) is 8.78 Å². The molecule has 3 rings (SSSR count). The number of carbonyl (C=O) groups excluding carboxylic acids is 1. The highest BCUT2D eigenvalue weighted by Crippen LogP contribution is 2.28. The Balaban J connectivity index is 1.77. The van der Waals surface area contributed by atoms with Crippen LogP contribution in [0.2, 0.25) is 0 Å². The van der Waals surface area contributed by atoms with Crippen LogP contribution >= 0.6 is 23.1 Å².